The van der Waals surface area contributed by atoms with Gasteiger partial charge in [0.25, 0.3) is 0 Å². The van der Waals surface area contributed by atoms with Gasteiger partial charge in [-0.1, -0.05) is 13.8 Å². The average molecular weight is 226 g/mol. The fourth-order valence-corrected chi connectivity index (χ4v) is 1.50. The Kier molecular flexibility index (Phi) is 6.03. The highest BCUT2D eigenvalue weighted by Gasteiger charge is 2.03. The Morgan fingerprint density at radius 3 is 3.00 bits per heavy atom. The van der Waals surface area contributed by atoms with Crippen molar-refractivity contribution in [2.45, 2.75) is 52.3 Å². The molecule has 0 spiro atoms. The lowest BCUT2D eigenvalue weighted by Crippen LogP contribution is -2.22. The molecule has 1 rings (SSSR count). The molecule has 1 heterocycles. The maximum atomic E-state index is 9.38. The van der Waals surface area contributed by atoms with E-state index in [1.165, 1.54) is 0 Å². The van der Waals surface area contributed by atoms with Gasteiger partial charge < -0.3 is 10.4 Å². The molecular formula is C11H22N4O. The fourth-order valence-electron chi connectivity index (χ4n) is 1.50. The summed E-state index contributed by atoms with van der Waals surface area (Å²) in [5, 5.41) is 16.8. The van der Waals surface area contributed by atoms with Crippen LogP contribution in [0.15, 0.2) is 6.33 Å². The molecule has 0 aliphatic heterocycles. The van der Waals surface area contributed by atoms with Crippen LogP contribution < -0.4 is 5.32 Å². The summed E-state index contributed by atoms with van der Waals surface area (Å²) in [4.78, 5) is 4.20. The summed E-state index contributed by atoms with van der Waals surface area (Å²) in [5.74, 6) is 0.966. The number of aliphatic hydroxyl groups is 1. The minimum absolute atomic E-state index is 0.194. The summed E-state index contributed by atoms with van der Waals surface area (Å²) in [6.07, 6.45) is 4.06. The summed E-state index contributed by atoms with van der Waals surface area (Å²) in [6, 6.07) is 0. The third-order valence-corrected chi connectivity index (χ3v) is 2.54. The van der Waals surface area contributed by atoms with Crippen LogP contribution in [0.4, 0.5) is 0 Å². The SMILES string of the molecule is CCCn1ncnc1CNCCC(O)CC. The second kappa shape index (κ2) is 7.35. The number of nitrogens with zero attached hydrogens (tertiary/aromatic N) is 3. The molecule has 5 heteroatoms. The zero-order valence-corrected chi connectivity index (χ0v) is 10.2. The van der Waals surface area contributed by atoms with Crippen LogP contribution >= 0.6 is 0 Å². The summed E-state index contributed by atoms with van der Waals surface area (Å²) in [6.45, 7) is 6.55. The largest absolute Gasteiger partial charge is 0.393 e. The molecule has 0 radical (unpaired) electrons. The van der Waals surface area contributed by atoms with Crippen molar-refractivity contribution >= 4 is 0 Å². The van der Waals surface area contributed by atoms with E-state index in [4.69, 9.17) is 0 Å². The van der Waals surface area contributed by atoms with Gasteiger partial charge in [-0.2, -0.15) is 5.10 Å². The third-order valence-electron chi connectivity index (χ3n) is 2.54. The van der Waals surface area contributed by atoms with Gasteiger partial charge in [-0.05, 0) is 25.8 Å². The summed E-state index contributed by atoms with van der Waals surface area (Å²) >= 11 is 0. The molecule has 0 aliphatic rings. The molecule has 1 aromatic heterocycles. The highest BCUT2D eigenvalue weighted by atomic mass is 16.3. The van der Waals surface area contributed by atoms with Crippen LogP contribution in [0.1, 0.15) is 38.9 Å². The van der Waals surface area contributed by atoms with Gasteiger partial charge in [-0.3, -0.25) is 0 Å². The Hall–Kier alpha value is -0.940. The summed E-state index contributed by atoms with van der Waals surface area (Å²) in [7, 11) is 0. The Morgan fingerprint density at radius 2 is 2.31 bits per heavy atom. The Morgan fingerprint density at radius 1 is 1.50 bits per heavy atom. The van der Waals surface area contributed by atoms with Crippen molar-refractivity contribution in [1.29, 1.82) is 0 Å². The molecule has 2 N–H and O–H groups in total. The Bertz CT molecular complexity index is 287. The number of rotatable bonds is 8. The molecule has 1 aromatic rings. The lowest BCUT2D eigenvalue weighted by atomic mass is 10.2. The lowest BCUT2D eigenvalue weighted by molar-refractivity contribution is 0.159. The van der Waals surface area contributed by atoms with E-state index < -0.39 is 0 Å². The highest BCUT2D eigenvalue weighted by molar-refractivity contribution is 4.83. The van der Waals surface area contributed by atoms with E-state index in [2.05, 4.69) is 22.3 Å². The van der Waals surface area contributed by atoms with E-state index in [-0.39, 0.29) is 6.10 Å². The zero-order valence-electron chi connectivity index (χ0n) is 10.2. The molecule has 16 heavy (non-hydrogen) atoms. The lowest BCUT2D eigenvalue weighted by Gasteiger charge is -2.09. The molecule has 5 nitrogen and oxygen atoms in total. The molecule has 1 unspecified atom stereocenters. The van der Waals surface area contributed by atoms with Gasteiger partial charge >= 0.3 is 0 Å². The van der Waals surface area contributed by atoms with Crippen LogP contribution in [-0.2, 0) is 13.1 Å². The van der Waals surface area contributed by atoms with Crippen molar-refractivity contribution in [2.75, 3.05) is 6.54 Å². The quantitative estimate of drug-likeness (QED) is 0.648. The Labute approximate surface area is 96.9 Å². The molecule has 0 saturated carbocycles. The average Bonchev–Trinajstić information content (AvgIpc) is 2.72. The third kappa shape index (κ3) is 4.28. The fraction of sp³-hybridized carbons (Fsp3) is 0.818. The van der Waals surface area contributed by atoms with Crippen molar-refractivity contribution in [3.05, 3.63) is 12.2 Å². The van der Waals surface area contributed by atoms with Crippen LogP contribution in [0.3, 0.4) is 0 Å². The van der Waals surface area contributed by atoms with Crippen molar-refractivity contribution in [2.24, 2.45) is 0 Å². The smallest absolute Gasteiger partial charge is 0.140 e. The number of aliphatic hydroxyl groups excluding tert-OH is 1. The standard InChI is InChI=1S/C11H22N4O/c1-3-7-15-11(13-9-14-15)8-12-6-5-10(16)4-2/h9-10,12,16H,3-8H2,1-2H3. The zero-order chi connectivity index (χ0) is 11.8. The first-order valence-electron chi connectivity index (χ1n) is 6.03. The minimum atomic E-state index is -0.194. The molecular weight excluding hydrogens is 204 g/mol. The first kappa shape index (κ1) is 13.1. The maximum Gasteiger partial charge on any atom is 0.140 e. The van der Waals surface area contributed by atoms with Gasteiger partial charge in [-0.25, -0.2) is 9.67 Å². The molecule has 0 aromatic carbocycles. The molecule has 0 aliphatic carbocycles. The molecule has 0 saturated heterocycles. The second-order valence-electron chi connectivity index (χ2n) is 3.93. The van der Waals surface area contributed by atoms with Crippen LogP contribution in [0.2, 0.25) is 0 Å². The summed E-state index contributed by atoms with van der Waals surface area (Å²) < 4.78 is 1.92. The second-order valence-corrected chi connectivity index (χ2v) is 3.93. The van der Waals surface area contributed by atoms with Gasteiger partial charge in [0.1, 0.15) is 12.2 Å². The van der Waals surface area contributed by atoms with Crippen molar-refractivity contribution < 1.29 is 5.11 Å². The number of hydrogen-bond donors (Lipinski definition) is 2. The normalized spacial score (nSPS) is 12.9. The van der Waals surface area contributed by atoms with Crippen LogP contribution in [0.5, 0.6) is 0 Å². The Balaban J connectivity index is 2.23. The van der Waals surface area contributed by atoms with E-state index in [0.29, 0.717) is 0 Å². The first-order valence-corrected chi connectivity index (χ1v) is 6.03. The highest BCUT2D eigenvalue weighted by Crippen LogP contribution is 1.97. The molecule has 0 bridgehead atoms. The van der Waals surface area contributed by atoms with E-state index in [9.17, 15) is 5.11 Å². The van der Waals surface area contributed by atoms with Crippen LogP contribution in [0.25, 0.3) is 0 Å². The maximum absolute atomic E-state index is 9.38. The molecule has 0 fully saturated rings. The molecule has 0 amide bonds. The van der Waals surface area contributed by atoms with Crippen LogP contribution in [-0.4, -0.2) is 32.5 Å². The predicted octanol–water partition coefficient (Wildman–Crippen LogP) is 0.939. The monoisotopic (exact) mass is 226 g/mol. The van der Waals surface area contributed by atoms with Gasteiger partial charge in [0.15, 0.2) is 0 Å². The van der Waals surface area contributed by atoms with E-state index >= 15 is 0 Å². The molecule has 92 valence electrons. The summed E-state index contributed by atoms with van der Waals surface area (Å²) in [5.41, 5.74) is 0. The predicted molar refractivity (Wildman–Crippen MR) is 62.9 cm³/mol. The van der Waals surface area contributed by atoms with Crippen molar-refractivity contribution in [3.63, 3.8) is 0 Å². The van der Waals surface area contributed by atoms with Gasteiger partial charge in [0.05, 0.1) is 12.6 Å². The van der Waals surface area contributed by atoms with E-state index in [0.717, 1.165) is 44.7 Å². The van der Waals surface area contributed by atoms with Gasteiger partial charge in [0, 0.05) is 6.54 Å². The topological polar surface area (TPSA) is 63.0 Å². The number of aryl methyl sites for hydroxylation is 1. The number of nitrogens with one attached hydrogen (secondary N) is 1. The van der Waals surface area contributed by atoms with Gasteiger partial charge in [-0.15, -0.1) is 0 Å². The van der Waals surface area contributed by atoms with Crippen LogP contribution in [0, 0.1) is 0 Å². The van der Waals surface area contributed by atoms with Gasteiger partial charge in [0.2, 0.25) is 0 Å². The number of aromatic nitrogens is 3. The molecule has 1 atom stereocenters. The van der Waals surface area contributed by atoms with E-state index in [1.807, 2.05) is 11.6 Å². The van der Waals surface area contributed by atoms with Crippen molar-refractivity contribution in [1.82, 2.24) is 20.1 Å². The van der Waals surface area contributed by atoms with E-state index in [1.54, 1.807) is 6.33 Å². The number of hydrogen-bond acceptors (Lipinski definition) is 4. The van der Waals surface area contributed by atoms with Crippen molar-refractivity contribution in [3.8, 4) is 0 Å². The minimum Gasteiger partial charge on any atom is -0.393 e. The first-order chi connectivity index (χ1) is 7.77.